The van der Waals surface area contributed by atoms with Gasteiger partial charge in [-0.3, -0.25) is 4.79 Å². The molecule has 0 saturated heterocycles. The van der Waals surface area contributed by atoms with Crippen molar-refractivity contribution in [3.63, 3.8) is 0 Å². The first-order valence-corrected chi connectivity index (χ1v) is 7.19. The van der Waals surface area contributed by atoms with E-state index in [2.05, 4.69) is 10.2 Å². The second-order valence-corrected chi connectivity index (χ2v) is 5.62. The van der Waals surface area contributed by atoms with Gasteiger partial charge in [-0.05, 0) is 30.7 Å². The molecule has 5 nitrogen and oxygen atoms in total. The maximum absolute atomic E-state index is 14.4. The van der Waals surface area contributed by atoms with Crippen molar-refractivity contribution < 1.29 is 18.7 Å². The maximum Gasteiger partial charge on any atom is 0.352 e. The molecule has 0 saturated carbocycles. The van der Waals surface area contributed by atoms with Gasteiger partial charge in [0.1, 0.15) is 0 Å². The fourth-order valence-corrected chi connectivity index (χ4v) is 2.71. The Kier molecular flexibility index (Phi) is 3.77. The summed E-state index contributed by atoms with van der Waals surface area (Å²) in [5.41, 5.74) is -0.0311. The Morgan fingerprint density at radius 2 is 2.04 bits per heavy atom. The first-order valence-electron chi connectivity index (χ1n) is 6.81. The van der Waals surface area contributed by atoms with Gasteiger partial charge in [0, 0.05) is 0 Å². The fraction of sp³-hybridized carbons (Fsp3) is 0.267. The predicted molar refractivity (Wildman–Crippen MR) is 79.2 cm³/mol. The lowest BCUT2D eigenvalue weighted by atomic mass is 9.99. The number of aromatic nitrogens is 2. The molecule has 1 aromatic heterocycles. The number of nitrogens with zero attached hydrogens (tertiary/aromatic N) is 3. The van der Waals surface area contributed by atoms with Crippen LogP contribution in [-0.4, -0.2) is 21.2 Å². The first-order chi connectivity index (χ1) is 10.8. The molecule has 0 unspecified atom stereocenters. The Morgan fingerprint density at radius 1 is 1.30 bits per heavy atom. The number of anilines is 1. The third-order valence-corrected chi connectivity index (χ3v) is 3.85. The molecule has 2 heterocycles. The van der Waals surface area contributed by atoms with Crippen LogP contribution < -0.4 is 4.90 Å². The molecular weight excluding hydrogens is 328 g/mol. The van der Waals surface area contributed by atoms with E-state index in [-0.39, 0.29) is 22.9 Å². The average Bonchev–Trinajstić information content (AvgIpc) is 2.70. The fourth-order valence-electron chi connectivity index (χ4n) is 2.61. The summed E-state index contributed by atoms with van der Waals surface area (Å²) in [6.07, 6.45) is -1.11. The molecule has 1 aromatic carbocycles. The lowest BCUT2D eigenvalue weighted by Crippen LogP contribution is -2.34. The monoisotopic (exact) mass is 339 g/mol. The van der Waals surface area contributed by atoms with Crippen molar-refractivity contribution in [2.45, 2.75) is 25.5 Å². The molecule has 8 heteroatoms. The van der Waals surface area contributed by atoms with Crippen molar-refractivity contribution in [3.05, 3.63) is 52.3 Å². The van der Waals surface area contributed by atoms with E-state index in [1.807, 2.05) is 0 Å². The molecule has 1 amide bonds. The van der Waals surface area contributed by atoms with Crippen molar-refractivity contribution in [2.75, 3.05) is 4.90 Å². The summed E-state index contributed by atoms with van der Waals surface area (Å²) in [6, 6.07) is 7.31. The highest BCUT2D eigenvalue weighted by Crippen LogP contribution is 2.47. The van der Waals surface area contributed by atoms with Gasteiger partial charge in [0.05, 0.1) is 29.6 Å². The smallest absolute Gasteiger partial charge is 0.352 e. The van der Waals surface area contributed by atoms with Gasteiger partial charge in [-0.2, -0.15) is 13.9 Å². The third kappa shape index (κ3) is 2.55. The lowest BCUT2D eigenvalue weighted by molar-refractivity contribution is -0.141. The van der Waals surface area contributed by atoms with Crippen LogP contribution in [0.3, 0.4) is 0 Å². The number of halogens is 3. The molecule has 120 valence electrons. The second-order valence-electron chi connectivity index (χ2n) is 5.23. The van der Waals surface area contributed by atoms with E-state index in [1.165, 1.54) is 37.3 Å². The van der Waals surface area contributed by atoms with E-state index in [0.717, 1.165) is 4.90 Å². The van der Waals surface area contributed by atoms with Crippen LogP contribution in [0.2, 0.25) is 5.15 Å². The highest BCUT2D eigenvalue weighted by Gasteiger charge is 2.54. The minimum absolute atomic E-state index is 0.0329. The number of hydrogen-bond donors (Lipinski definition) is 1. The van der Waals surface area contributed by atoms with Crippen LogP contribution in [0.5, 0.6) is 0 Å². The van der Waals surface area contributed by atoms with E-state index in [9.17, 15) is 18.7 Å². The standard InChI is InChI=1S/C15H12ClF2N3O2/c1-8(22)10-3-2-4-11-13(10)15(17,18)14(23)21(11)7-9-5-6-12(16)20-19-9/h2-6,8,22H,7H2,1H3/t8-/m0/s1. The highest BCUT2D eigenvalue weighted by atomic mass is 35.5. The van der Waals surface area contributed by atoms with Crippen molar-refractivity contribution in [1.29, 1.82) is 0 Å². The van der Waals surface area contributed by atoms with Gasteiger partial charge in [-0.25, -0.2) is 0 Å². The highest BCUT2D eigenvalue weighted by molar-refractivity contribution is 6.29. The van der Waals surface area contributed by atoms with Gasteiger partial charge in [-0.1, -0.05) is 23.7 Å². The van der Waals surface area contributed by atoms with E-state index in [0.29, 0.717) is 5.69 Å². The zero-order chi connectivity index (χ0) is 16.8. The Hall–Kier alpha value is -2.12. The number of hydrogen-bond acceptors (Lipinski definition) is 4. The summed E-state index contributed by atoms with van der Waals surface area (Å²) in [6.45, 7) is 1.22. The molecule has 1 atom stereocenters. The number of fused-ring (bicyclic) bond motifs is 1. The summed E-state index contributed by atoms with van der Waals surface area (Å²) in [4.78, 5) is 13.1. The van der Waals surface area contributed by atoms with Crippen LogP contribution in [0.15, 0.2) is 30.3 Å². The second kappa shape index (κ2) is 5.50. The molecule has 0 fully saturated rings. The predicted octanol–water partition coefficient (Wildman–Crippen LogP) is 2.82. The molecule has 0 spiro atoms. The van der Waals surface area contributed by atoms with E-state index in [4.69, 9.17) is 11.6 Å². The molecule has 1 N–H and O–H groups in total. The molecule has 1 aliphatic rings. The Labute approximate surface area is 135 Å². The Morgan fingerprint density at radius 3 is 2.65 bits per heavy atom. The lowest BCUT2D eigenvalue weighted by Gasteiger charge is -2.16. The van der Waals surface area contributed by atoms with E-state index >= 15 is 0 Å². The summed E-state index contributed by atoms with van der Waals surface area (Å²) in [7, 11) is 0. The van der Waals surface area contributed by atoms with E-state index < -0.39 is 23.5 Å². The number of benzene rings is 1. The SMILES string of the molecule is C[C@H](O)c1cccc2c1C(F)(F)C(=O)N2Cc1ccc(Cl)nn1. The van der Waals surface area contributed by atoms with Crippen molar-refractivity contribution >= 4 is 23.2 Å². The van der Waals surface area contributed by atoms with Crippen LogP contribution in [0.4, 0.5) is 14.5 Å². The molecule has 0 aliphatic carbocycles. The number of rotatable bonds is 3. The van der Waals surface area contributed by atoms with Gasteiger partial charge in [0.15, 0.2) is 5.15 Å². The normalized spacial score (nSPS) is 17.3. The van der Waals surface area contributed by atoms with E-state index in [1.54, 1.807) is 0 Å². The summed E-state index contributed by atoms with van der Waals surface area (Å²) in [5.74, 6) is -5.04. The van der Waals surface area contributed by atoms with Gasteiger partial charge in [0.25, 0.3) is 0 Å². The Bertz CT molecular complexity index is 766. The molecule has 0 radical (unpaired) electrons. The summed E-state index contributed by atoms with van der Waals surface area (Å²) >= 11 is 5.64. The maximum atomic E-state index is 14.4. The number of carbonyl (C=O) groups excluding carboxylic acids is 1. The van der Waals surface area contributed by atoms with Crippen LogP contribution in [0, 0.1) is 0 Å². The number of amides is 1. The van der Waals surface area contributed by atoms with Crippen molar-refractivity contribution in [3.8, 4) is 0 Å². The zero-order valence-electron chi connectivity index (χ0n) is 12.0. The van der Waals surface area contributed by atoms with Crippen LogP contribution in [-0.2, 0) is 17.3 Å². The number of alkyl halides is 2. The molecule has 3 rings (SSSR count). The van der Waals surface area contributed by atoms with Crippen LogP contribution in [0.1, 0.15) is 29.8 Å². The summed E-state index contributed by atoms with van der Waals surface area (Å²) < 4.78 is 28.8. The van der Waals surface area contributed by atoms with Crippen molar-refractivity contribution in [1.82, 2.24) is 10.2 Å². The van der Waals surface area contributed by atoms with Crippen molar-refractivity contribution in [2.24, 2.45) is 0 Å². The number of carbonyl (C=O) groups is 1. The van der Waals surface area contributed by atoms with Gasteiger partial charge in [-0.15, -0.1) is 5.10 Å². The van der Waals surface area contributed by atoms with Gasteiger partial charge in [0.2, 0.25) is 0 Å². The van der Waals surface area contributed by atoms with Gasteiger partial charge < -0.3 is 10.0 Å². The average molecular weight is 340 g/mol. The molecule has 2 aromatic rings. The molecule has 0 bridgehead atoms. The summed E-state index contributed by atoms with van der Waals surface area (Å²) in [5, 5.41) is 17.3. The molecular formula is C15H12ClF2N3O2. The topological polar surface area (TPSA) is 66.3 Å². The zero-order valence-corrected chi connectivity index (χ0v) is 12.8. The molecule has 1 aliphatic heterocycles. The quantitative estimate of drug-likeness (QED) is 0.933. The third-order valence-electron chi connectivity index (χ3n) is 3.65. The molecule has 23 heavy (non-hydrogen) atoms. The number of aliphatic hydroxyl groups excluding tert-OH is 1. The number of aliphatic hydroxyl groups is 1. The van der Waals surface area contributed by atoms with Gasteiger partial charge >= 0.3 is 11.8 Å². The Balaban J connectivity index is 2.06. The minimum atomic E-state index is -3.69. The van der Waals surface area contributed by atoms with Crippen LogP contribution >= 0.6 is 11.6 Å². The van der Waals surface area contributed by atoms with Crippen LogP contribution in [0.25, 0.3) is 0 Å². The first kappa shape index (κ1) is 15.8. The minimum Gasteiger partial charge on any atom is -0.389 e. The largest absolute Gasteiger partial charge is 0.389 e.